The van der Waals surface area contributed by atoms with Gasteiger partial charge in [0, 0.05) is 30.3 Å². The van der Waals surface area contributed by atoms with Crippen molar-refractivity contribution in [2.45, 2.75) is 58.0 Å². The molecule has 1 aliphatic rings. The maximum atomic E-state index is 6.41. The van der Waals surface area contributed by atoms with Crippen LogP contribution in [0, 0.1) is 0 Å². The van der Waals surface area contributed by atoms with E-state index in [4.69, 9.17) is 11.6 Å². The van der Waals surface area contributed by atoms with E-state index in [1.54, 1.807) is 0 Å². The summed E-state index contributed by atoms with van der Waals surface area (Å²) in [4.78, 5) is 2.42. The van der Waals surface area contributed by atoms with Gasteiger partial charge in [0.15, 0.2) is 0 Å². The van der Waals surface area contributed by atoms with Gasteiger partial charge in [-0.25, -0.2) is 0 Å². The largest absolute Gasteiger partial charge is 0.372 e. The predicted octanol–water partition coefficient (Wildman–Crippen LogP) is 4.61. The Morgan fingerprint density at radius 2 is 1.90 bits per heavy atom. The smallest absolute Gasteiger partial charge is 0.0471 e. The third-order valence-corrected chi connectivity index (χ3v) is 4.73. The van der Waals surface area contributed by atoms with Crippen LogP contribution in [0.4, 0.5) is 5.69 Å². The maximum absolute atomic E-state index is 6.41. The van der Waals surface area contributed by atoms with Crippen molar-refractivity contribution >= 4 is 17.3 Å². The molecule has 1 fully saturated rings. The van der Waals surface area contributed by atoms with Gasteiger partial charge in [-0.1, -0.05) is 50.3 Å². The lowest BCUT2D eigenvalue weighted by Crippen LogP contribution is -2.31. The van der Waals surface area contributed by atoms with Gasteiger partial charge in [0.25, 0.3) is 0 Å². The Bertz CT molecular complexity index is 411. The highest BCUT2D eigenvalue weighted by Gasteiger charge is 2.17. The molecule has 112 valence electrons. The fraction of sp³-hybridized carbons (Fsp3) is 0.647. The summed E-state index contributed by atoms with van der Waals surface area (Å²) in [5, 5.41) is 4.21. The zero-order valence-corrected chi connectivity index (χ0v) is 13.5. The molecule has 1 saturated carbocycles. The van der Waals surface area contributed by atoms with Gasteiger partial charge in [0.1, 0.15) is 0 Å². The highest BCUT2D eigenvalue weighted by Crippen LogP contribution is 2.28. The van der Waals surface area contributed by atoms with Crippen molar-refractivity contribution in [3.8, 4) is 0 Å². The number of benzene rings is 1. The Labute approximate surface area is 128 Å². The summed E-state index contributed by atoms with van der Waals surface area (Å²) in [6, 6.07) is 7.17. The number of hydrogen-bond acceptors (Lipinski definition) is 2. The first-order chi connectivity index (χ1) is 9.72. The van der Waals surface area contributed by atoms with Crippen LogP contribution in [0.1, 0.15) is 51.0 Å². The number of rotatable bonds is 5. The Morgan fingerprint density at radius 3 is 2.50 bits per heavy atom. The minimum absolute atomic E-state index is 0.674. The van der Waals surface area contributed by atoms with Gasteiger partial charge >= 0.3 is 0 Å². The monoisotopic (exact) mass is 294 g/mol. The Morgan fingerprint density at radius 1 is 1.20 bits per heavy atom. The predicted molar refractivity (Wildman–Crippen MR) is 88.7 cm³/mol. The Kier molecular flexibility index (Phi) is 6.18. The fourth-order valence-electron chi connectivity index (χ4n) is 3.01. The summed E-state index contributed by atoms with van der Waals surface area (Å²) >= 11 is 6.41. The second-order valence-corrected chi connectivity index (χ2v) is 6.22. The van der Waals surface area contributed by atoms with Crippen LogP contribution in [0.5, 0.6) is 0 Å². The van der Waals surface area contributed by atoms with Gasteiger partial charge in [-0.05, 0) is 37.1 Å². The first-order valence-electron chi connectivity index (χ1n) is 7.94. The zero-order chi connectivity index (χ0) is 14.4. The van der Waals surface area contributed by atoms with Crippen molar-refractivity contribution in [1.82, 2.24) is 5.32 Å². The van der Waals surface area contributed by atoms with E-state index in [2.05, 4.69) is 42.4 Å². The average molecular weight is 295 g/mol. The van der Waals surface area contributed by atoms with Crippen LogP contribution in [-0.2, 0) is 6.54 Å². The average Bonchev–Trinajstić information content (AvgIpc) is 2.74. The van der Waals surface area contributed by atoms with E-state index in [1.807, 2.05) is 0 Å². The molecule has 20 heavy (non-hydrogen) atoms. The van der Waals surface area contributed by atoms with E-state index >= 15 is 0 Å². The molecule has 0 heterocycles. The van der Waals surface area contributed by atoms with Gasteiger partial charge in [-0.15, -0.1) is 0 Å². The molecule has 0 unspecified atom stereocenters. The van der Waals surface area contributed by atoms with E-state index in [1.165, 1.54) is 49.8 Å². The molecule has 2 rings (SSSR count). The minimum atomic E-state index is 0.674. The number of nitrogens with zero attached hydrogens (tertiary/aromatic N) is 1. The second-order valence-electron chi connectivity index (χ2n) is 5.81. The number of anilines is 1. The highest BCUT2D eigenvalue weighted by molar-refractivity contribution is 6.31. The van der Waals surface area contributed by atoms with Gasteiger partial charge in [0.2, 0.25) is 0 Å². The maximum Gasteiger partial charge on any atom is 0.0471 e. The molecule has 0 saturated heterocycles. The molecule has 0 aliphatic heterocycles. The molecule has 3 heteroatoms. The Balaban J connectivity index is 2.05. The van der Waals surface area contributed by atoms with Crippen LogP contribution in [-0.4, -0.2) is 19.6 Å². The lowest BCUT2D eigenvalue weighted by atomic mass is 10.1. The first kappa shape index (κ1) is 15.7. The van der Waals surface area contributed by atoms with E-state index in [0.29, 0.717) is 6.04 Å². The molecule has 1 N–H and O–H groups in total. The van der Waals surface area contributed by atoms with E-state index in [9.17, 15) is 0 Å². The molecule has 0 atom stereocenters. The van der Waals surface area contributed by atoms with Crippen LogP contribution < -0.4 is 10.2 Å². The van der Waals surface area contributed by atoms with Crippen LogP contribution in [0.3, 0.4) is 0 Å². The molecule has 0 radical (unpaired) electrons. The quantitative estimate of drug-likeness (QED) is 0.798. The van der Waals surface area contributed by atoms with Crippen LogP contribution in [0.25, 0.3) is 0 Å². The van der Waals surface area contributed by atoms with Crippen molar-refractivity contribution in [2.24, 2.45) is 0 Å². The van der Waals surface area contributed by atoms with Crippen LogP contribution >= 0.6 is 11.6 Å². The van der Waals surface area contributed by atoms with Crippen molar-refractivity contribution < 1.29 is 0 Å². The summed E-state index contributed by atoms with van der Waals surface area (Å²) in [5.41, 5.74) is 2.44. The topological polar surface area (TPSA) is 15.3 Å². The second kappa shape index (κ2) is 7.90. The van der Waals surface area contributed by atoms with Gasteiger partial charge in [-0.3, -0.25) is 0 Å². The lowest BCUT2D eigenvalue weighted by Gasteiger charge is -2.29. The Hall–Kier alpha value is -0.730. The summed E-state index contributed by atoms with van der Waals surface area (Å²) in [6.07, 6.45) is 8.14. The SMILES string of the molecule is CCNCc1ccc(N(C)C2CCCCCC2)cc1Cl. The van der Waals surface area contributed by atoms with Gasteiger partial charge in [0.05, 0.1) is 0 Å². The van der Waals surface area contributed by atoms with Gasteiger partial charge < -0.3 is 10.2 Å². The molecule has 1 aliphatic carbocycles. The van der Waals surface area contributed by atoms with Crippen LogP contribution in [0.2, 0.25) is 5.02 Å². The van der Waals surface area contributed by atoms with E-state index < -0.39 is 0 Å². The third kappa shape index (κ3) is 4.13. The molecule has 2 nitrogen and oxygen atoms in total. The van der Waals surface area contributed by atoms with Crippen LogP contribution in [0.15, 0.2) is 18.2 Å². The zero-order valence-electron chi connectivity index (χ0n) is 12.8. The summed E-state index contributed by atoms with van der Waals surface area (Å²) in [5.74, 6) is 0. The third-order valence-electron chi connectivity index (χ3n) is 4.38. The molecular weight excluding hydrogens is 268 g/mol. The molecule has 0 spiro atoms. The normalized spacial score (nSPS) is 16.9. The molecule has 1 aromatic rings. The van der Waals surface area contributed by atoms with Crippen molar-refractivity contribution in [3.05, 3.63) is 28.8 Å². The molecular formula is C17H27ClN2. The first-order valence-corrected chi connectivity index (χ1v) is 8.32. The summed E-state index contributed by atoms with van der Waals surface area (Å²) < 4.78 is 0. The number of halogens is 1. The summed E-state index contributed by atoms with van der Waals surface area (Å²) in [7, 11) is 2.21. The minimum Gasteiger partial charge on any atom is -0.372 e. The number of nitrogens with one attached hydrogen (secondary N) is 1. The standard InChI is InChI=1S/C17H27ClN2/c1-3-19-13-14-10-11-16(12-17(14)18)20(2)15-8-6-4-5-7-9-15/h10-12,15,19H,3-9,13H2,1-2H3. The lowest BCUT2D eigenvalue weighted by molar-refractivity contribution is 0.553. The molecule has 0 aromatic heterocycles. The van der Waals surface area contributed by atoms with Crippen molar-refractivity contribution in [1.29, 1.82) is 0 Å². The van der Waals surface area contributed by atoms with Crippen molar-refractivity contribution in [2.75, 3.05) is 18.5 Å². The summed E-state index contributed by atoms with van der Waals surface area (Å²) in [6.45, 7) is 3.94. The fourth-order valence-corrected chi connectivity index (χ4v) is 3.26. The van der Waals surface area contributed by atoms with Crippen molar-refractivity contribution in [3.63, 3.8) is 0 Å². The molecule has 0 amide bonds. The highest BCUT2D eigenvalue weighted by atomic mass is 35.5. The van der Waals surface area contributed by atoms with E-state index in [0.717, 1.165) is 18.1 Å². The molecule has 1 aromatic carbocycles. The number of hydrogen-bond donors (Lipinski definition) is 1. The molecule has 0 bridgehead atoms. The van der Waals surface area contributed by atoms with E-state index in [-0.39, 0.29) is 0 Å². The van der Waals surface area contributed by atoms with Gasteiger partial charge in [-0.2, -0.15) is 0 Å².